The summed E-state index contributed by atoms with van der Waals surface area (Å²) in [5, 5.41) is 19.3. The predicted octanol–water partition coefficient (Wildman–Crippen LogP) is 3.38. The Kier molecular flexibility index (Phi) is 9.00. The second-order valence-electron chi connectivity index (χ2n) is 8.98. The topological polar surface area (TPSA) is 148 Å². The van der Waals surface area contributed by atoms with E-state index in [2.05, 4.69) is 10.5 Å². The monoisotopic (exact) mass is 488 g/mol. The maximum atomic E-state index is 13.1. The summed E-state index contributed by atoms with van der Waals surface area (Å²) in [6.07, 6.45) is 1.38. The van der Waals surface area contributed by atoms with Crippen molar-refractivity contribution < 1.29 is 38.6 Å². The summed E-state index contributed by atoms with van der Waals surface area (Å²) < 4.78 is 10.8. The number of aromatic nitrogens is 1. The number of carboxylic acids is 2. The fraction of sp³-hybridized carbons (Fsp3) is 0.520. The minimum Gasteiger partial charge on any atom is -0.481 e. The van der Waals surface area contributed by atoms with E-state index in [9.17, 15) is 24.6 Å². The van der Waals surface area contributed by atoms with Crippen molar-refractivity contribution in [1.29, 1.82) is 0 Å². The molecule has 0 spiro atoms. The van der Waals surface area contributed by atoms with E-state index >= 15 is 0 Å². The number of rotatable bonds is 13. The Morgan fingerprint density at radius 2 is 1.83 bits per heavy atom. The molecule has 2 aromatic rings. The Labute approximate surface area is 203 Å². The van der Waals surface area contributed by atoms with Crippen molar-refractivity contribution in [2.24, 2.45) is 11.3 Å². The number of oxazole rings is 1. The van der Waals surface area contributed by atoms with Crippen LogP contribution >= 0.6 is 0 Å². The van der Waals surface area contributed by atoms with E-state index < -0.39 is 35.3 Å². The average Bonchev–Trinajstić information content (AvgIpc) is 3.46. The van der Waals surface area contributed by atoms with Crippen molar-refractivity contribution in [3.63, 3.8) is 0 Å². The van der Waals surface area contributed by atoms with E-state index in [1.165, 1.54) is 7.11 Å². The maximum absolute atomic E-state index is 13.1. The van der Waals surface area contributed by atoms with Gasteiger partial charge in [-0.3, -0.25) is 14.4 Å². The first-order chi connectivity index (χ1) is 16.8. The fourth-order valence-electron chi connectivity index (χ4n) is 4.59. The predicted molar refractivity (Wildman–Crippen MR) is 124 cm³/mol. The molecule has 1 aliphatic rings. The van der Waals surface area contributed by atoms with Crippen LogP contribution in [0.2, 0.25) is 0 Å². The zero-order valence-electron chi connectivity index (χ0n) is 20.0. The van der Waals surface area contributed by atoms with Gasteiger partial charge in [-0.2, -0.15) is 0 Å². The Morgan fingerprint density at radius 1 is 1.14 bits per heavy atom. The minimum absolute atomic E-state index is 0.137. The third kappa shape index (κ3) is 6.67. The van der Waals surface area contributed by atoms with Crippen LogP contribution in [0.5, 0.6) is 0 Å². The summed E-state index contributed by atoms with van der Waals surface area (Å²) in [5.74, 6) is -2.82. The van der Waals surface area contributed by atoms with Gasteiger partial charge in [0.15, 0.2) is 17.8 Å². The van der Waals surface area contributed by atoms with Gasteiger partial charge in [0.2, 0.25) is 5.91 Å². The van der Waals surface area contributed by atoms with Crippen LogP contribution < -0.4 is 5.48 Å². The fourth-order valence-corrected chi connectivity index (χ4v) is 4.59. The number of hydroxylamine groups is 1. The Morgan fingerprint density at radius 3 is 2.43 bits per heavy atom. The maximum Gasteiger partial charge on any atom is 0.336 e. The lowest BCUT2D eigenvalue weighted by Crippen LogP contribution is -2.44. The lowest BCUT2D eigenvalue weighted by Gasteiger charge is -2.30. The molecule has 1 aromatic carbocycles. The van der Waals surface area contributed by atoms with E-state index in [0.717, 1.165) is 18.4 Å². The summed E-state index contributed by atoms with van der Waals surface area (Å²) in [5.41, 5.74) is 2.80. The van der Waals surface area contributed by atoms with Gasteiger partial charge in [-0.15, -0.1) is 0 Å². The molecule has 1 amide bonds. The minimum atomic E-state index is -1.43. The number of nitrogens with one attached hydrogen (secondary N) is 1. The number of ether oxygens (including phenoxy) is 1. The zero-order valence-corrected chi connectivity index (χ0v) is 20.0. The third-order valence-corrected chi connectivity index (χ3v) is 6.51. The molecule has 1 aromatic heterocycles. The number of amides is 1. The molecule has 1 saturated carbocycles. The molecule has 190 valence electrons. The van der Waals surface area contributed by atoms with Crippen LogP contribution in [0.1, 0.15) is 50.1 Å². The highest BCUT2D eigenvalue weighted by Gasteiger charge is 2.44. The van der Waals surface area contributed by atoms with Crippen LogP contribution in [0.15, 0.2) is 34.7 Å². The molecule has 3 N–H and O–H groups in total. The van der Waals surface area contributed by atoms with Gasteiger partial charge in [0.1, 0.15) is 0 Å². The largest absolute Gasteiger partial charge is 0.481 e. The molecule has 35 heavy (non-hydrogen) atoms. The quantitative estimate of drug-likeness (QED) is 0.361. The molecule has 1 aliphatic carbocycles. The van der Waals surface area contributed by atoms with E-state index in [0.29, 0.717) is 24.3 Å². The molecular weight excluding hydrogens is 456 g/mol. The highest BCUT2D eigenvalue weighted by molar-refractivity contribution is 5.83. The smallest absolute Gasteiger partial charge is 0.336 e. The Hall–Kier alpha value is -3.24. The molecule has 2 atom stereocenters. The van der Waals surface area contributed by atoms with Crippen LogP contribution in [-0.2, 0) is 30.4 Å². The zero-order chi connectivity index (χ0) is 25.4. The molecule has 3 rings (SSSR count). The number of benzene rings is 1. The van der Waals surface area contributed by atoms with E-state index in [-0.39, 0.29) is 31.8 Å². The Balaban J connectivity index is 1.68. The summed E-state index contributed by atoms with van der Waals surface area (Å²) in [6.45, 7) is 2.03. The van der Waals surface area contributed by atoms with E-state index in [4.69, 9.17) is 14.0 Å². The van der Waals surface area contributed by atoms with E-state index in [1.54, 1.807) is 6.92 Å². The van der Waals surface area contributed by atoms with Gasteiger partial charge in [-0.1, -0.05) is 43.2 Å². The SMILES string of the molecule is COCC[C@H](CC1(C(=O)NO[C@@H](Cc2nc(C)c(-c3ccccc3)o2)C(=O)O)CCCC1)C(=O)O. The molecule has 10 heteroatoms. The second kappa shape index (κ2) is 11.9. The van der Waals surface area contributed by atoms with Crippen LogP contribution in [0.4, 0.5) is 0 Å². The second-order valence-corrected chi connectivity index (χ2v) is 8.98. The Bertz CT molecular complexity index is 1010. The normalized spacial score (nSPS) is 16.5. The molecule has 0 aliphatic heterocycles. The molecule has 0 unspecified atom stereocenters. The number of carbonyl (C=O) groups excluding carboxylic acids is 1. The van der Waals surface area contributed by atoms with Gasteiger partial charge < -0.3 is 19.4 Å². The van der Waals surface area contributed by atoms with Crippen molar-refractivity contribution in [1.82, 2.24) is 10.5 Å². The third-order valence-electron chi connectivity index (χ3n) is 6.51. The van der Waals surface area contributed by atoms with Crippen molar-refractivity contribution >= 4 is 17.8 Å². The van der Waals surface area contributed by atoms with Crippen molar-refractivity contribution in [2.75, 3.05) is 13.7 Å². The van der Waals surface area contributed by atoms with E-state index in [1.807, 2.05) is 30.3 Å². The molecule has 10 nitrogen and oxygen atoms in total. The van der Waals surface area contributed by atoms with Gasteiger partial charge in [0, 0.05) is 19.3 Å². The van der Waals surface area contributed by atoms with Crippen molar-refractivity contribution in [2.45, 2.75) is 58.0 Å². The lowest BCUT2D eigenvalue weighted by molar-refractivity contribution is -0.165. The number of hydrogen-bond acceptors (Lipinski definition) is 7. The number of aliphatic carboxylic acids is 2. The van der Waals surface area contributed by atoms with Crippen molar-refractivity contribution in [3.8, 4) is 11.3 Å². The van der Waals surface area contributed by atoms with Gasteiger partial charge in [0.05, 0.1) is 23.4 Å². The number of hydrogen-bond donors (Lipinski definition) is 3. The van der Waals surface area contributed by atoms with Gasteiger partial charge in [-0.05, 0) is 32.6 Å². The number of carboxylic acid groups (broad SMARTS) is 2. The van der Waals surface area contributed by atoms with Crippen LogP contribution in [-0.4, -0.2) is 52.9 Å². The van der Waals surface area contributed by atoms with Crippen LogP contribution in [0.3, 0.4) is 0 Å². The number of carbonyl (C=O) groups is 3. The van der Waals surface area contributed by atoms with Crippen molar-refractivity contribution in [3.05, 3.63) is 41.9 Å². The number of nitrogens with zero attached hydrogens (tertiary/aromatic N) is 1. The molecule has 1 fully saturated rings. The highest BCUT2D eigenvalue weighted by atomic mass is 16.7. The molecule has 0 bridgehead atoms. The molecule has 0 saturated heterocycles. The summed E-state index contributed by atoms with van der Waals surface area (Å²) in [4.78, 5) is 46.3. The molecule has 1 heterocycles. The number of methoxy groups -OCH3 is 1. The average molecular weight is 489 g/mol. The lowest BCUT2D eigenvalue weighted by atomic mass is 9.76. The first-order valence-corrected chi connectivity index (χ1v) is 11.7. The molecular formula is C25H32N2O8. The van der Waals surface area contributed by atoms with Crippen LogP contribution in [0, 0.1) is 18.3 Å². The standard InChI is InChI=1S/C25H32N2O8/c1-16-21(17-8-4-3-5-9-17)34-20(26-16)14-19(23(30)31)35-27-24(32)25(11-6-7-12-25)15-18(22(28)29)10-13-33-2/h3-5,8-9,18-19H,6-7,10-15H2,1-2H3,(H,27,32)(H,28,29)(H,30,31)/t18-,19+/m1/s1. The first-order valence-electron chi connectivity index (χ1n) is 11.7. The van der Waals surface area contributed by atoms with Gasteiger partial charge >= 0.3 is 11.9 Å². The highest BCUT2D eigenvalue weighted by Crippen LogP contribution is 2.44. The van der Waals surface area contributed by atoms with Crippen LogP contribution in [0.25, 0.3) is 11.3 Å². The summed E-state index contributed by atoms with van der Waals surface area (Å²) in [6, 6.07) is 9.32. The summed E-state index contributed by atoms with van der Waals surface area (Å²) in [7, 11) is 1.50. The first kappa shape index (κ1) is 26.4. The van der Waals surface area contributed by atoms with Gasteiger partial charge in [0.25, 0.3) is 0 Å². The number of aryl methyl sites for hydroxylation is 1. The molecule has 0 radical (unpaired) electrons. The van der Waals surface area contributed by atoms with Gasteiger partial charge in [-0.25, -0.2) is 15.3 Å². The summed E-state index contributed by atoms with van der Waals surface area (Å²) >= 11 is 0.